The molecule has 0 atom stereocenters. The molecule has 0 unspecified atom stereocenters. The van der Waals surface area contributed by atoms with Gasteiger partial charge in [0, 0.05) is 11.4 Å². The molecule has 0 aliphatic carbocycles. The molecule has 162 valence electrons. The number of rotatable bonds is 8. The molecule has 1 heterocycles. The summed E-state index contributed by atoms with van der Waals surface area (Å²) in [6.07, 6.45) is 0.759. The molecule has 6 nitrogen and oxygen atoms in total. The largest absolute Gasteiger partial charge is 0.497 e. The minimum Gasteiger partial charge on any atom is -0.497 e. The molecule has 4 rings (SSSR count). The van der Waals surface area contributed by atoms with Crippen molar-refractivity contribution in [2.24, 2.45) is 0 Å². The monoisotopic (exact) mass is 444 g/mol. The topological polar surface area (TPSA) is 69.0 Å². The predicted molar refractivity (Wildman–Crippen MR) is 128 cm³/mol. The lowest BCUT2D eigenvalue weighted by Crippen LogP contribution is -2.16. The number of benzene rings is 3. The minimum absolute atomic E-state index is 0.0857. The van der Waals surface area contributed by atoms with Crippen LogP contribution in [0.3, 0.4) is 0 Å². The lowest BCUT2D eigenvalue weighted by molar-refractivity contribution is -0.113. The van der Waals surface area contributed by atoms with Gasteiger partial charge >= 0.3 is 0 Å². The van der Waals surface area contributed by atoms with E-state index < -0.39 is 0 Å². The van der Waals surface area contributed by atoms with Crippen molar-refractivity contribution in [1.29, 1.82) is 0 Å². The molecule has 4 aromatic rings. The number of nitrogens with zero attached hydrogens (tertiary/aromatic N) is 3. The molecule has 32 heavy (non-hydrogen) atoms. The smallest absolute Gasteiger partial charge is 0.234 e. The van der Waals surface area contributed by atoms with Gasteiger partial charge < -0.3 is 10.1 Å². The van der Waals surface area contributed by atoms with Crippen molar-refractivity contribution in [2.45, 2.75) is 18.5 Å². The van der Waals surface area contributed by atoms with Gasteiger partial charge in [-0.1, -0.05) is 60.3 Å². The van der Waals surface area contributed by atoms with Crippen molar-refractivity contribution in [3.05, 3.63) is 95.8 Å². The number of hydrogen-bond donors (Lipinski definition) is 1. The maximum absolute atomic E-state index is 12.7. The highest BCUT2D eigenvalue weighted by Gasteiger charge is 2.14. The zero-order valence-corrected chi connectivity index (χ0v) is 18.8. The van der Waals surface area contributed by atoms with E-state index in [0.717, 1.165) is 34.9 Å². The van der Waals surface area contributed by atoms with Crippen LogP contribution in [-0.2, 0) is 11.2 Å². The first-order valence-corrected chi connectivity index (χ1v) is 11.2. The lowest BCUT2D eigenvalue weighted by atomic mass is 10.0. The average molecular weight is 445 g/mol. The van der Waals surface area contributed by atoms with E-state index in [-0.39, 0.29) is 11.7 Å². The van der Waals surface area contributed by atoms with E-state index in [1.165, 1.54) is 17.3 Å². The van der Waals surface area contributed by atoms with Crippen molar-refractivity contribution >= 4 is 23.4 Å². The minimum atomic E-state index is -0.0857. The van der Waals surface area contributed by atoms with Crippen molar-refractivity contribution in [1.82, 2.24) is 14.8 Å². The molecule has 1 aromatic heterocycles. The molecule has 1 amide bonds. The van der Waals surface area contributed by atoms with Gasteiger partial charge in [-0.25, -0.2) is 0 Å². The molecule has 7 heteroatoms. The number of nitrogens with one attached hydrogen (secondary N) is 1. The van der Waals surface area contributed by atoms with E-state index in [0.29, 0.717) is 5.16 Å². The fourth-order valence-electron chi connectivity index (χ4n) is 3.39. The number of para-hydroxylation sites is 1. The van der Waals surface area contributed by atoms with Crippen molar-refractivity contribution in [2.75, 3.05) is 18.2 Å². The van der Waals surface area contributed by atoms with Crippen LogP contribution >= 0.6 is 11.8 Å². The van der Waals surface area contributed by atoms with Crippen LogP contribution in [0, 0.1) is 6.92 Å². The van der Waals surface area contributed by atoms with Crippen LogP contribution in [0.15, 0.2) is 84.0 Å². The highest BCUT2D eigenvalue weighted by molar-refractivity contribution is 7.99. The van der Waals surface area contributed by atoms with Gasteiger partial charge in [-0.05, 0) is 54.8 Å². The third kappa shape index (κ3) is 5.18. The Labute approximate surface area is 191 Å². The van der Waals surface area contributed by atoms with E-state index >= 15 is 0 Å². The fourth-order valence-corrected chi connectivity index (χ4v) is 4.19. The molecule has 0 aliphatic rings. The van der Waals surface area contributed by atoms with Gasteiger partial charge in [-0.15, -0.1) is 10.2 Å². The second kappa shape index (κ2) is 10.2. The molecule has 0 fully saturated rings. The molecule has 0 spiro atoms. The zero-order chi connectivity index (χ0) is 22.3. The molecular weight excluding hydrogens is 420 g/mol. The third-order valence-corrected chi connectivity index (χ3v) is 5.92. The summed E-state index contributed by atoms with van der Waals surface area (Å²) in [5.74, 6) is 1.68. The number of ether oxygens (including phenoxy) is 1. The summed E-state index contributed by atoms with van der Waals surface area (Å²) in [4.78, 5) is 12.7. The number of methoxy groups -OCH3 is 1. The Morgan fingerprint density at radius 3 is 2.44 bits per heavy atom. The highest BCUT2D eigenvalue weighted by Crippen LogP contribution is 2.24. The number of thioether (sulfide) groups is 1. The van der Waals surface area contributed by atoms with Crippen LogP contribution in [0.5, 0.6) is 5.75 Å². The van der Waals surface area contributed by atoms with Crippen LogP contribution in [-0.4, -0.2) is 33.5 Å². The quantitative estimate of drug-likeness (QED) is 0.391. The van der Waals surface area contributed by atoms with Gasteiger partial charge in [0.25, 0.3) is 0 Å². The number of aromatic nitrogens is 3. The number of anilines is 1. The fraction of sp³-hybridized carbons (Fsp3) is 0.160. The van der Waals surface area contributed by atoms with Gasteiger partial charge in [0.2, 0.25) is 5.91 Å². The highest BCUT2D eigenvalue weighted by atomic mass is 32.2. The maximum atomic E-state index is 12.7. The van der Waals surface area contributed by atoms with Gasteiger partial charge in [-0.2, -0.15) is 0 Å². The first-order chi connectivity index (χ1) is 15.6. The number of hydrogen-bond acceptors (Lipinski definition) is 5. The first kappa shape index (κ1) is 21.6. The maximum Gasteiger partial charge on any atom is 0.234 e. The summed E-state index contributed by atoms with van der Waals surface area (Å²) in [7, 11) is 1.64. The lowest BCUT2D eigenvalue weighted by Gasteiger charge is -2.12. The first-order valence-electron chi connectivity index (χ1n) is 10.2. The number of carbonyl (C=O) groups excluding carboxylic acids is 1. The second-order valence-corrected chi connectivity index (χ2v) is 8.16. The zero-order valence-electron chi connectivity index (χ0n) is 18.0. The Kier molecular flexibility index (Phi) is 6.87. The Morgan fingerprint density at radius 2 is 1.69 bits per heavy atom. The van der Waals surface area contributed by atoms with Gasteiger partial charge in [0.05, 0.1) is 12.9 Å². The number of carbonyl (C=O) groups is 1. The Hall–Kier alpha value is -3.58. The summed E-state index contributed by atoms with van der Waals surface area (Å²) in [6.45, 7) is 1.89. The average Bonchev–Trinajstić information content (AvgIpc) is 3.20. The summed E-state index contributed by atoms with van der Waals surface area (Å²) >= 11 is 1.36. The van der Waals surface area contributed by atoms with E-state index in [1.807, 2.05) is 78.2 Å². The SMILES string of the molecule is COc1ccc(-n2c(C)nnc2SCC(=O)Nc2ccccc2Cc2ccccc2)cc1. The third-order valence-electron chi connectivity index (χ3n) is 4.99. The molecule has 0 radical (unpaired) electrons. The van der Waals surface area contributed by atoms with E-state index in [4.69, 9.17) is 4.74 Å². The van der Waals surface area contributed by atoms with Crippen LogP contribution in [0.2, 0.25) is 0 Å². The van der Waals surface area contributed by atoms with Crippen molar-refractivity contribution in [3.63, 3.8) is 0 Å². The molecule has 3 aromatic carbocycles. The van der Waals surface area contributed by atoms with Crippen molar-refractivity contribution < 1.29 is 9.53 Å². The Bertz CT molecular complexity index is 1190. The van der Waals surface area contributed by atoms with E-state index in [2.05, 4.69) is 27.6 Å². The van der Waals surface area contributed by atoms with Crippen molar-refractivity contribution in [3.8, 4) is 11.4 Å². The van der Waals surface area contributed by atoms with Gasteiger partial charge in [0.15, 0.2) is 5.16 Å². The van der Waals surface area contributed by atoms with E-state index in [9.17, 15) is 4.79 Å². The summed E-state index contributed by atoms with van der Waals surface area (Å²) in [5, 5.41) is 12.2. The summed E-state index contributed by atoms with van der Waals surface area (Å²) < 4.78 is 7.16. The Morgan fingerprint density at radius 1 is 0.969 bits per heavy atom. The van der Waals surface area contributed by atoms with Crippen LogP contribution in [0.25, 0.3) is 5.69 Å². The number of amides is 1. The Balaban J connectivity index is 1.43. The molecular formula is C25H24N4O2S. The standard InChI is InChI=1S/C25H24N4O2S/c1-18-27-28-25(29(18)21-12-14-22(31-2)15-13-21)32-17-24(30)26-23-11-7-6-10-20(23)16-19-8-4-3-5-9-19/h3-15H,16-17H2,1-2H3,(H,26,30). The van der Waals surface area contributed by atoms with E-state index in [1.54, 1.807) is 7.11 Å². The molecule has 0 aliphatic heterocycles. The molecule has 0 bridgehead atoms. The van der Waals surface area contributed by atoms with Crippen LogP contribution in [0.4, 0.5) is 5.69 Å². The summed E-state index contributed by atoms with van der Waals surface area (Å²) in [6, 6.07) is 25.8. The van der Waals surface area contributed by atoms with Gasteiger partial charge in [-0.3, -0.25) is 9.36 Å². The van der Waals surface area contributed by atoms with Crippen LogP contribution < -0.4 is 10.1 Å². The molecule has 0 saturated carbocycles. The second-order valence-electron chi connectivity index (χ2n) is 7.22. The number of aryl methyl sites for hydroxylation is 1. The molecule has 1 N–H and O–H groups in total. The normalized spacial score (nSPS) is 10.7. The predicted octanol–water partition coefficient (Wildman–Crippen LogP) is 4.91. The van der Waals surface area contributed by atoms with Crippen LogP contribution in [0.1, 0.15) is 17.0 Å². The molecule has 0 saturated heterocycles. The summed E-state index contributed by atoms with van der Waals surface area (Å²) in [5.41, 5.74) is 4.03. The van der Waals surface area contributed by atoms with Gasteiger partial charge in [0.1, 0.15) is 11.6 Å².